The van der Waals surface area contributed by atoms with Crippen LogP contribution in [0.15, 0.2) is 24.3 Å². The van der Waals surface area contributed by atoms with Crippen molar-refractivity contribution < 1.29 is 4.74 Å². The normalized spacial score (nSPS) is 12.4. The van der Waals surface area contributed by atoms with Gasteiger partial charge in [-0.05, 0) is 37.1 Å². The molecular weight excluding hydrogens is 210 g/mol. The molecule has 1 atom stereocenters. The van der Waals surface area contributed by atoms with Gasteiger partial charge in [-0.15, -0.1) is 0 Å². The van der Waals surface area contributed by atoms with Crippen LogP contribution >= 0.6 is 0 Å². The Morgan fingerprint density at radius 2 is 2.06 bits per heavy atom. The third-order valence-corrected chi connectivity index (χ3v) is 2.98. The van der Waals surface area contributed by atoms with Gasteiger partial charge < -0.3 is 10.1 Å². The van der Waals surface area contributed by atoms with Crippen LogP contribution in [0, 0.1) is 0 Å². The Morgan fingerprint density at radius 3 is 2.71 bits per heavy atom. The Balaban J connectivity index is 2.71. The molecule has 0 heterocycles. The van der Waals surface area contributed by atoms with Gasteiger partial charge in [-0.1, -0.05) is 38.8 Å². The molecule has 0 bridgehead atoms. The molecule has 1 aromatic carbocycles. The second-order valence-electron chi connectivity index (χ2n) is 4.43. The van der Waals surface area contributed by atoms with Crippen molar-refractivity contribution in [2.75, 3.05) is 13.7 Å². The summed E-state index contributed by atoms with van der Waals surface area (Å²) in [6.07, 6.45) is 4.88. The Hall–Kier alpha value is -1.02. The number of benzene rings is 1. The number of hydrogen-bond donors (Lipinski definition) is 1. The van der Waals surface area contributed by atoms with Gasteiger partial charge in [0.2, 0.25) is 0 Å². The van der Waals surface area contributed by atoms with E-state index < -0.39 is 0 Å². The maximum atomic E-state index is 5.29. The second-order valence-corrected chi connectivity index (χ2v) is 4.43. The van der Waals surface area contributed by atoms with Crippen LogP contribution in [0.2, 0.25) is 0 Å². The average Bonchev–Trinajstić information content (AvgIpc) is 2.39. The van der Waals surface area contributed by atoms with Gasteiger partial charge in [-0.2, -0.15) is 0 Å². The summed E-state index contributed by atoms with van der Waals surface area (Å²) >= 11 is 0. The fourth-order valence-corrected chi connectivity index (χ4v) is 1.97. The zero-order valence-electron chi connectivity index (χ0n) is 11.3. The van der Waals surface area contributed by atoms with Crippen LogP contribution in [-0.2, 0) is 0 Å². The summed E-state index contributed by atoms with van der Waals surface area (Å²) in [6.45, 7) is 5.52. The minimum atomic E-state index is 0.463. The smallest absolute Gasteiger partial charge is 0.119 e. The van der Waals surface area contributed by atoms with Crippen molar-refractivity contribution in [2.24, 2.45) is 0 Å². The third kappa shape index (κ3) is 4.78. The summed E-state index contributed by atoms with van der Waals surface area (Å²) in [5, 5.41) is 3.62. The van der Waals surface area contributed by atoms with Crippen molar-refractivity contribution >= 4 is 0 Å². The molecule has 0 spiro atoms. The molecule has 2 heteroatoms. The lowest BCUT2D eigenvalue weighted by Crippen LogP contribution is -2.22. The molecule has 17 heavy (non-hydrogen) atoms. The van der Waals surface area contributed by atoms with Crippen molar-refractivity contribution in [2.45, 2.75) is 45.6 Å². The van der Waals surface area contributed by atoms with Gasteiger partial charge in [0.25, 0.3) is 0 Å². The molecule has 0 fully saturated rings. The molecule has 2 nitrogen and oxygen atoms in total. The standard InChI is InChI=1S/C15H25NO/c1-4-6-10-15(16-11-5-2)13-8-7-9-14(12-13)17-3/h7-9,12,15-16H,4-6,10-11H2,1-3H3. The van der Waals surface area contributed by atoms with Crippen LogP contribution in [0.5, 0.6) is 5.75 Å². The zero-order chi connectivity index (χ0) is 12.5. The van der Waals surface area contributed by atoms with Crippen molar-refractivity contribution in [3.05, 3.63) is 29.8 Å². The Kier molecular flexibility index (Phi) is 6.71. The summed E-state index contributed by atoms with van der Waals surface area (Å²) in [5.41, 5.74) is 1.34. The number of nitrogens with one attached hydrogen (secondary N) is 1. The van der Waals surface area contributed by atoms with Crippen LogP contribution in [0.3, 0.4) is 0 Å². The summed E-state index contributed by atoms with van der Waals surface area (Å²) in [5.74, 6) is 0.947. The van der Waals surface area contributed by atoms with Crippen molar-refractivity contribution in [3.63, 3.8) is 0 Å². The first-order chi connectivity index (χ1) is 8.31. The maximum Gasteiger partial charge on any atom is 0.119 e. The van der Waals surface area contributed by atoms with E-state index in [4.69, 9.17) is 4.74 Å². The van der Waals surface area contributed by atoms with Gasteiger partial charge in [0.05, 0.1) is 7.11 Å². The Morgan fingerprint density at radius 1 is 1.24 bits per heavy atom. The van der Waals surface area contributed by atoms with Gasteiger partial charge in [0.15, 0.2) is 0 Å². The topological polar surface area (TPSA) is 21.3 Å². The first-order valence-corrected chi connectivity index (χ1v) is 6.69. The molecule has 1 rings (SSSR count). The van der Waals surface area contributed by atoms with Crippen LogP contribution in [-0.4, -0.2) is 13.7 Å². The highest BCUT2D eigenvalue weighted by atomic mass is 16.5. The number of rotatable bonds is 8. The fraction of sp³-hybridized carbons (Fsp3) is 0.600. The number of ether oxygens (including phenoxy) is 1. The predicted octanol–water partition coefficient (Wildman–Crippen LogP) is 3.93. The first kappa shape index (κ1) is 14.0. The molecular formula is C15H25NO. The molecule has 0 radical (unpaired) electrons. The quantitative estimate of drug-likeness (QED) is 0.737. The molecule has 0 amide bonds. The number of unbranched alkanes of at least 4 members (excludes halogenated alkanes) is 1. The van der Waals surface area contributed by atoms with E-state index in [1.54, 1.807) is 7.11 Å². The molecule has 0 saturated carbocycles. The van der Waals surface area contributed by atoms with E-state index in [1.807, 2.05) is 6.07 Å². The summed E-state index contributed by atoms with van der Waals surface area (Å²) in [7, 11) is 1.72. The van der Waals surface area contributed by atoms with Gasteiger partial charge in [-0.3, -0.25) is 0 Å². The van der Waals surface area contributed by atoms with E-state index in [0.29, 0.717) is 6.04 Å². The lowest BCUT2D eigenvalue weighted by Gasteiger charge is -2.19. The van der Waals surface area contributed by atoms with E-state index in [0.717, 1.165) is 12.3 Å². The number of hydrogen-bond acceptors (Lipinski definition) is 2. The molecule has 0 saturated heterocycles. The lowest BCUT2D eigenvalue weighted by molar-refractivity contribution is 0.411. The highest BCUT2D eigenvalue weighted by Gasteiger charge is 2.10. The van der Waals surface area contributed by atoms with Crippen molar-refractivity contribution in [3.8, 4) is 5.75 Å². The van der Waals surface area contributed by atoms with Crippen molar-refractivity contribution in [1.29, 1.82) is 0 Å². The number of methoxy groups -OCH3 is 1. The molecule has 0 aliphatic heterocycles. The van der Waals surface area contributed by atoms with Gasteiger partial charge in [0.1, 0.15) is 5.75 Å². The minimum Gasteiger partial charge on any atom is -0.497 e. The van der Waals surface area contributed by atoms with Crippen molar-refractivity contribution in [1.82, 2.24) is 5.32 Å². The molecule has 96 valence electrons. The van der Waals surface area contributed by atoms with E-state index in [9.17, 15) is 0 Å². The Labute approximate surface area is 105 Å². The van der Waals surface area contributed by atoms with Crippen LogP contribution in [0.4, 0.5) is 0 Å². The fourth-order valence-electron chi connectivity index (χ4n) is 1.97. The minimum absolute atomic E-state index is 0.463. The highest BCUT2D eigenvalue weighted by molar-refractivity contribution is 5.30. The Bertz CT molecular complexity index is 304. The highest BCUT2D eigenvalue weighted by Crippen LogP contribution is 2.23. The zero-order valence-corrected chi connectivity index (χ0v) is 11.3. The average molecular weight is 235 g/mol. The van der Waals surface area contributed by atoms with Crippen LogP contribution in [0.1, 0.15) is 51.1 Å². The third-order valence-electron chi connectivity index (χ3n) is 2.98. The molecule has 0 aliphatic carbocycles. The molecule has 1 aromatic rings. The summed E-state index contributed by atoms with van der Waals surface area (Å²) in [6, 6.07) is 8.86. The van der Waals surface area contributed by atoms with Crippen LogP contribution < -0.4 is 10.1 Å². The lowest BCUT2D eigenvalue weighted by atomic mass is 10.0. The van der Waals surface area contributed by atoms with E-state index in [1.165, 1.54) is 31.2 Å². The largest absolute Gasteiger partial charge is 0.497 e. The van der Waals surface area contributed by atoms with Gasteiger partial charge in [0, 0.05) is 6.04 Å². The van der Waals surface area contributed by atoms with Gasteiger partial charge >= 0.3 is 0 Å². The summed E-state index contributed by atoms with van der Waals surface area (Å²) < 4.78 is 5.29. The molecule has 0 aliphatic rings. The second kappa shape index (κ2) is 8.13. The molecule has 1 N–H and O–H groups in total. The monoisotopic (exact) mass is 235 g/mol. The molecule has 0 aromatic heterocycles. The van der Waals surface area contributed by atoms with E-state index in [2.05, 4.69) is 37.4 Å². The molecule has 1 unspecified atom stereocenters. The summed E-state index contributed by atoms with van der Waals surface area (Å²) in [4.78, 5) is 0. The van der Waals surface area contributed by atoms with Gasteiger partial charge in [-0.25, -0.2) is 0 Å². The SMILES string of the molecule is CCCCC(NCCC)c1cccc(OC)c1. The van der Waals surface area contributed by atoms with E-state index in [-0.39, 0.29) is 0 Å². The first-order valence-electron chi connectivity index (χ1n) is 6.69. The van der Waals surface area contributed by atoms with Crippen LogP contribution in [0.25, 0.3) is 0 Å². The predicted molar refractivity (Wildman–Crippen MR) is 73.6 cm³/mol. The maximum absolute atomic E-state index is 5.29. The van der Waals surface area contributed by atoms with E-state index >= 15 is 0 Å².